The Kier molecular flexibility index (Phi) is 3.74. The van der Waals surface area contributed by atoms with Crippen molar-refractivity contribution in [2.75, 3.05) is 0 Å². The van der Waals surface area contributed by atoms with E-state index in [0.717, 1.165) is 27.8 Å². The highest BCUT2D eigenvalue weighted by molar-refractivity contribution is 9.10. The van der Waals surface area contributed by atoms with Gasteiger partial charge in [0.1, 0.15) is 12.0 Å². The van der Waals surface area contributed by atoms with Gasteiger partial charge in [0.25, 0.3) is 0 Å². The summed E-state index contributed by atoms with van der Waals surface area (Å²) in [4.78, 5) is 14.7. The standard InChI is InChI=1S/C13H12BrNO2/c1-9-12(3-2-8-16)15-13(17-9)10-4-6-11(14)7-5-10/h4-8H,2-3H2,1H3. The van der Waals surface area contributed by atoms with Gasteiger partial charge >= 0.3 is 0 Å². The summed E-state index contributed by atoms with van der Waals surface area (Å²) in [5.74, 6) is 1.39. The molecule has 0 amide bonds. The third-order valence-electron chi connectivity index (χ3n) is 2.48. The van der Waals surface area contributed by atoms with Crippen LogP contribution in [0.4, 0.5) is 0 Å². The Balaban J connectivity index is 2.27. The first-order chi connectivity index (χ1) is 8.20. The second kappa shape index (κ2) is 5.27. The number of hydrogen-bond donors (Lipinski definition) is 0. The largest absolute Gasteiger partial charge is 0.441 e. The SMILES string of the molecule is Cc1oc(-c2ccc(Br)cc2)nc1CCC=O. The van der Waals surface area contributed by atoms with E-state index in [1.807, 2.05) is 31.2 Å². The van der Waals surface area contributed by atoms with Crippen molar-refractivity contribution in [3.05, 3.63) is 40.2 Å². The van der Waals surface area contributed by atoms with E-state index in [9.17, 15) is 4.79 Å². The van der Waals surface area contributed by atoms with Crippen molar-refractivity contribution in [3.63, 3.8) is 0 Å². The molecule has 17 heavy (non-hydrogen) atoms. The van der Waals surface area contributed by atoms with Crippen molar-refractivity contribution in [1.82, 2.24) is 4.98 Å². The molecule has 2 aromatic rings. The highest BCUT2D eigenvalue weighted by atomic mass is 79.9. The fourth-order valence-electron chi connectivity index (χ4n) is 1.57. The fourth-order valence-corrected chi connectivity index (χ4v) is 1.84. The molecule has 3 nitrogen and oxygen atoms in total. The van der Waals surface area contributed by atoms with Crippen LogP contribution in [0.25, 0.3) is 11.5 Å². The lowest BCUT2D eigenvalue weighted by atomic mass is 10.2. The predicted molar refractivity (Wildman–Crippen MR) is 68.8 cm³/mol. The highest BCUT2D eigenvalue weighted by Gasteiger charge is 2.10. The van der Waals surface area contributed by atoms with Crippen molar-refractivity contribution >= 4 is 22.2 Å². The first kappa shape index (κ1) is 12.0. The number of hydrogen-bond acceptors (Lipinski definition) is 3. The Labute approximate surface area is 108 Å². The van der Waals surface area contributed by atoms with E-state index in [1.165, 1.54) is 0 Å². The average molecular weight is 294 g/mol. The van der Waals surface area contributed by atoms with Crippen molar-refractivity contribution in [3.8, 4) is 11.5 Å². The molecule has 88 valence electrons. The quantitative estimate of drug-likeness (QED) is 0.810. The summed E-state index contributed by atoms with van der Waals surface area (Å²) >= 11 is 3.38. The maximum atomic E-state index is 10.3. The van der Waals surface area contributed by atoms with Crippen LogP contribution in [0.5, 0.6) is 0 Å². The van der Waals surface area contributed by atoms with Gasteiger partial charge in [-0.15, -0.1) is 0 Å². The molecule has 0 radical (unpaired) electrons. The van der Waals surface area contributed by atoms with Gasteiger partial charge in [-0.1, -0.05) is 15.9 Å². The summed E-state index contributed by atoms with van der Waals surface area (Å²) in [6.07, 6.45) is 2.01. The van der Waals surface area contributed by atoms with Gasteiger partial charge < -0.3 is 9.21 Å². The zero-order valence-corrected chi connectivity index (χ0v) is 11.0. The van der Waals surface area contributed by atoms with Crippen LogP contribution in [0.2, 0.25) is 0 Å². The Morgan fingerprint density at radius 3 is 2.71 bits per heavy atom. The normalized spacial score (nSPS) is 10.5. The monoisotopic (exact) mass is 293 g/mol. The number of aryl methyl sites for hydroxylation is 2. The number of aromatic nitrogens is 1. The molecule has 2 rings (SSSR count). The number of benzene rings is 1. The molecule has 0 atom stereocenters. The van der Waals surface area contributed by atoms with Crippen LogP contribution in [0.1, 0.15) is 17.9 Å². The zero-order chi connectivity index (χ0) is 12.3. The fraction of sp³-hybridized carbons (Fsp3) is 0.231. The Bertz CT molecular complexity index is 517. The molecule has 0 aliphatic heterocycles. The summed E-state index contributed by atoms with van der Waals surface area (Å²) in [5, 5.41) is 0. The van der Waals surface area contributed by atoms with E-state index in [4.69, 9.17) is 4.42 Å². The van der Waals surface area contributed by atoms with E-state index < -0.39 is 0 Å². The molecule has 4 heteroatoms. The number of carbonyl (C=O) groups excluding carboxylic acids is 1. The van der Waals surface area contributed by atoms with E-state index in [-0.39, 0.29) is 0 Å². The van der Waals surface area contributed by atoms with Gasteiger partial charge in [-0.2, -0.15) is 0 Å². The molecule has 0 bridgehead atoms. The van der Waals surface area contributed by atoms with Crippen LogP contribution < -0.4 is 0 Å². The smallest absolute Gasteiger partial charge is 0.226 e. The summed E-state index contributed by atoms with van der Waals surface area (Å²) in [7, 11) is 0. The second-order valence-corrected chi connectivity index (χ2v) is 4.65. The lowest BCUT2D eigenvalue weighted by Crippen LogP contribution is -1.88. The minimum atomic E-state index is 0.479. The van der Waals surface area contributed by atoms with Gasteiger partial charge in [0.05, 0.1) is 5.69 Å². The van der Waals surface area contributed by atoms with Crippen molar-refractivity contribution in [1.29, 1.82) is 0 Å². The zero-order valence-electron chi connectivity index (χ0n) is 9.44. The van der Waals surface area contributed by atoms with Crippen molar-refractivity contribution in [2.24, 2.45) is 0 Å². The van der Waals surface area contributed by atoms with Gasteiger partial charge in [0.2, 0.25) is 5.89 Å². The van der Waals surface area contributed by atoms with Crippen molar-refractivity contribution in [2.45, 2.75) is 19.8 Å². The lowest BCUT2D eigenvalue weighted by Gasteiger charge is -1.94. The number of nitrogens with zero attached hydrogens (tertiary/aromatic N) is 1. The molecule has 0 saturated heterocycles. The first-order valence-corrected chi connectivity index (χ1v) is 6.16. The number of halogens is 1. The predicted octanol–water partition coefficient (Wildman–Crippen LogP) is 3.54. The molecule has 0 unspecified atom stereocenters. The number of aldehydes is 1. The molecule has 0 aliphatic rings. The summed E-state index contributed by atoms with van der Waals surface area (Å²) in [5.41, 5.74) is 1.80. The third-order valence-corrected chi connectivity index (χ3v) is 3.01. The molecule has 0 saturated carbocycles. The third kappa shape index (κ3) is 2.82. The highest BCUT2D eigenvalue weighted by Crippen LogP contribution is 2.23. The Morgan fingerprint density at radius 1 is 1.35 bits per heavy atom. The summed E-state index contributed by atoms with van der Waals surface area (Å²) < 4.78 is 6.61. The van der Waals surface area contributed by atoms with Crippen LogP contribution in [0, 0.1) is 6.92 Å². The molecule has 1 aromatic carbocycles. The summed E-state index contributed by atoms with van der Waals surface area (Å²) in [6, 6.07) is 7.78. The maximum Gasteiger partial charge on any atom is 0.226 e. The van der Waals surface area contributed by atoms with Crippen molar-refractivity contribution < 1.29 is 9.21 Å². The van der Waals surface area contributed by atoms with E-state index in [1.54, 1.807) is 0 Å². The van der Waals surface area contributed by atoms with Crippen LogP contribution in [-0.2, 0) is 11.2 Å². The topological polar surface area (TPSA) is 43.1 Å². The summed E-state index contributed by atoms with van der Waals surface area (Å²) in [6.45, 7) is 1.87. The van der Waals surface area contributed by atoms with E-state index in [2.05, 4.69) is 20.9 Å². The molecule has 1 heterocycles. The molecular formula is C13H12BrNO2. The van der Waals surface area contributed by atoms with Gasteiger partial charge in [-0.05, 0) is 37.6 Å². The minimum Gasteiger partial charge on any atom is -0.441 e. The first-order valence-electron chi connectivity index (χ1n) is 5.36. The second-order valence-electron chi connectivity index (χ2n) is 3.73. The van der Waals surface area contributed by atoms with Crippen LogP contribution in [0.3, 0.4) is 0 Å². The van der Waals surface area contributed by atoms with Gasteiger partial charge in [-0.3, -0.25) is 0 Å². The molecule has 0 fully saturated rings. The Hall–Kier alpha value is -1.42. The van der Waals surface area contributed by atoms with Gasteiger partial charge in [0.15, 0.2) is 0 Å². The molecule has 1 aromatic heterocycles. The molecule has 0 spiro atoms. The molecule has 0 N–H and O–H groups in total. The maximum absolute atomic E-state index is 10.3. The minimum absolute atomic E-state index is 0.479. The van der Waals surface area contributed by atoms with Gasteiger partial charge in [-0.25, -0.2) is 4.98 Å². The Morgan fingerprint density at radius 2 is 2.06 bits per heavy atom. The molecule has 0 aliphatic carbocycles. The van der Waals surface area contributed by atoms with Gasteiger partial charge in [0, 0.05) is 16.5 Å². The van der Waals surface area contributed by atoms with Crippen LogP contribution in [0.15, 0.2) is 33.2 Å². The van der Waals surface area contributed by atoms with E-state index >= 15 is 0 Å². The number of carbonyl (C=O) groups is 1. The lowest BCUT2D eigenvalue weighted by molar-refractivity contribution is -0.107. The van der Waals surface area contributed by atoms with E-state index in [0.29, 0.717) is 18.7 Å². The number of oxazole rings is 1. The molecular weight excluding hydrogens is 282 g/mol. The average Bonchev–Trinajstić information content (AvgIpc) is 2.69. The number of rotatable bonds is 4. The van der Waals surface area contributed by atoms with Crippen LogP contribution >= 0.6 is 15.9 Å². The van der Waals surface area contributed by atoms with Crippen LogP contribution in [-0.4, -0.2) is 11.3 Å².